The van der Waals surface area contributed by atoms with Gasteiger partial charge in [0.1, 0.15) is 0 Å². The summed E-state index contributed by atoms with van der Waals surface area (Å²) in [6.45, 7) is 9.29. The average molecular weight is 445 g/mol. The predicted molar refractivity (Wildman–Crippen MR) is 113 cm³/mol. The number of halogens is 1. The number of benzene rings is 1. The lowest BCUT2D eigenvalue weighted by molar-refractivity contribution is 0.119. The fraction of sp³-hybridized carbons (Fsp3) is 0.611. The molecule has 0 bridgehead atoms. The van der Waals surface area contributed by atoms with Crippen molar-refractivity contribution in [3.63, 3.8) is 0 Å². The van der Waals surface area contributed by atoms with Gasteiger partial charge in [-0.3, -0.25) is 9.89 Å². The third-order valence-electron chi connectivity index (χ3n) is 4.44. The molecule has 0 aromatic heterocycles. The monoisotopic (exact) mass is 445 g/mol. The Balaban J connectivity index is 0.00000288. The quantitative estimate of drug-likeness (QED) is 0.414. The maximum absolute atomic E-state index is 4.81. The first-order valence-electron chi connectivity index (χ1n) is 8.58. The Morgan fingerprint density at radius 3 is 2.62 bits per heavy atom. The van der Waals surface area contributed by atoms with Crippen LogP contribution < -0.4 is 10.6 Å². The molecule has 1 aliphatic heterocycles. The van der Waals surface area contributed by atoms with Crippen LogP contribution in [0.3, 0.4) is 0 Å². The highest BCUT2D eigenvalue weighted by atomic mass is 127. The number of rotatable bonds is 5. The highest BCUT2D eigenvalue weighted by Gasteiger charge is 2.21. The molecule has 1 heterocycles. The number of nitrogens with one attached hydrogen (secondary N) is 2. The van der Waals surface area contributed by atoms with Crippen molar-refractivity contribution < 1.29 is 0 Å². The minimum Gasteiger partial charge on any atom is -0.357 e. The Kier molecular flexibility index (Phi) is 9.61. The van der Waals surface area contributed by atoms with E-state index in [1.165, 1.54) is 5.56 Å². The molecule has 2 N–H and O–H groups in total. The van der Waals surface area contributed by atoms with Gasteiger partial charge in [0.15, 0.2) is 5.96 Å². The highest BCUT2D eigenvalue weighted by Crippen LogP contribution is 2.11. The van der Waals surface area contributed by atoms with Crippen LogP contribution in [0.1, 0.15) is 25.5 Å². The molecule has 5 nitrogen and oxygen atoms in total. The Morgan fingerprint density at radius 2 is 1.96 bits per heavy atom. The lowest BCUT2D eigenvalue weighted by Gasteiger charge is -2.37. The summed E-state index contributed by atoms with van der Waals surface area (Å²) in [4.78, 5) is 9.61. The number of hydrogen-bond acceptors (Lipinski definition) is 3. The molecule has 24 heavy (non-hydrogen) atoms. The maximum Gasteiger partial charge on any atom is 0.191 e. The Hall–Kier alpha value is -0.860. The van der Waals surface area contributed by atoms with E-state index in [0.29, 0.717) is 6.04 Å². The zero-order valence-electron chi connectivity index (χ0n) is 15.3. The molecular formula is C18H32IN5. The van der Waals surface area contributed by atoms with Gasteiger partial charge in [-0.05, 0) is 33.5 Å². The molecule has 1 aromatic carbocycles. The summed E-state index contributed by atoms with van der Waals surface area (Å²) in [6.07, 6.45) is 0. The molecule has 0 aliphatic carbocycles. The van der Waals surface area contributed by atoms with Gasteiger partial charge in [0.05, 0.1) is 12.6 Å². The van der Waals surface area contributed by atoms with E-state index in [1.54, 1.807) is 0 Å². The van der Waals surface area contributed by atoms with Crippen LogP contribution in [0.5, 0.6) is 0 Å². The van der Waals surface area contributed by atoms with Crippen molar-refractivity contribution in [2.24, 2.45) is 4.99 Å². The summed E-state index contributed by atoms with van der Waals surface area (Å²) in [7, 11) is 4.38. The number of piperazine rings is 1. The maximum atomic E-state index is 4.81. The molecule has 1 fully saturated rings. The van der Waals surface area contributed by atoms with Crippen molar-refractivity contribution in [2.75, 3.05) is 46.8 Å². The largest absolute Gasteiger partial charge is 0.357 e. The zero-order valence-corrected chi connectivity index (χ0v) is 17.7. The van der Waals surface area contributed by atoms with E-state index in [0.717, 1.165) is 38.7 Å². The molecule has 136 valence electrons. The zero-order chi connectivity index (χ0) is 16.7. The van der Waals surface area contributed by atoms with E-state index in [1.807, 2.05) is 6.07 Å². The molecule has 1 aliphatic rings. The van der Waals surface area contributed by atoms with E-state index in [9.17, 15) is 0 Å². The second kappa shape index (κ2) is 10.9. The molecule has 2 rings (SSSR count). The fourth-order valence-corrected chi connectivity index (χ4v) is 2.85. The Bertz CT molecular complexity index is 493. The van der Waals surface area contributed by atoms with E-state index in [2.05, 4.69) is 72.6 Å². The standard InChI is InChI=1S/C18H31N5.HI/c1-5-19-18(21-15(2)16-9-7-6-8-10-16)20-13-17-14-22(3)11-12-23(17)4;/h6-10,15,17H,5,11-14H2,1-4H3,(H2,19,20,21);1H. The first-order valence-corrected chi connectivity index (χ1v) is 8.58. The summed E-state index contributed by atoms with van der Waals surface area (Å²) < 4.78 is 0. The lowest BCUT2D eigenvalue weighted by atomic mass is 10.1. The van der Waals surface area contributed by atoms with Gasteiger partial charge in [0.2, 0.25) is 0 Å². The van der Waals surface area contributed by atoms with Crippen molar-refractivity contribution in [3.05, 3.63) is 35.9 Å². The van der Waals surface area contributed by atoms with Crippen molar-refractivity contribution >= 4 is 29.9 Å². The molecule has 6 heteroatoms. The van der Waals surface area contributed by atoms with Crippen molar-refractivity contribution in [3.8, 4) is 0 Å². The van der Waals surface area contributed by atoms with E-state index >= 15 is 0 Å². The molecule has 2 atom stereocenters. The molecule has 0 spiro atoms. The molecule has 0 radical (unpaired) electrons. The van der Waals surface area contributed by atoms with Crippen LogP contribution in [0.15, 0.2) is 35.3 Å². The molecule has 1 saturated heterocycles. The summed E-state index contributed by atoms with van der Waals surface area (Å²) in [6, 6.07) is 11.2. The summed E-state index contributed by atoms with van der Waals surface area (Å²) >= 11 is 0. The number of aliphatic imine (C=N–C) groups is 1. The highest BCUT2D eigenvalue weighted by molar-refractivity contribution is 14.0. The van der Waals surface area contributed by atoms with Crippen molar-refractivity contribution in [1.82, 2.24) is 20.4 Å². The number of nitrogens with zero attached hydrogens (tertiary/aromatic N) is 3. The summed E-state index contributed by atoms with van der Waals surface area (Å²) in [5.41, 5.74) is 1.27. The van der Waals surface area contributed by atoms with Gasteiger partial charge < -0.3 is 15.5 Å². The van der Waals surface area contributed by atoms with Gasteiger partial charge in [-0.15, -0.1) is 24.0 Å². The molecule has 0 saturated carbocycles. The molecule has 0 amide bonds. The normalized spacial score (nSPS) is 21.0. The second-order valence-electron chi connectivity index (χ2n) is 6.39. The number of likely N-dealkylation sites (N-methyl/N-ethyl adjacent to an activating group) is 2. The van der Waals surface area contributed by atoms with Crippen LogP contribution in [0.4, 0.5) is 0 Å². The SMILES string of the molecule is CCNC(=NCC1CN(C)CCN1C)NC(C)c1ccccc1.I. The van der Waals surface area contributed by atoms with Gasteiger partial charge in [-0.25, -0.2) is 0 Å². The van der Waals surface area contributed by atoms with Crippen LogP contribution in [0.25, 0.3) is 0 Å². The second-order valence-corrected chi connectivity index (χ2v) is 6.39. The third-order valence-corrected chi connectivity index (χ3v) is 4.44. The van der Waals surface area contributed by atoms with E-state index in [4.69, 9.17) is 4.99 Å². The van der Waals surface area contributed by atoms with Gasteiger partial charge in [-0.2, -0.15) is 0 Å². The minimum absolute atomic E-state index is 0. The van der Waals surface area contributed by atoms with Crippen LogP contribution in [-0.4, -0.2) is 68.6 Å². The Morgan fingerprint density at radius 1 is 1.25 bits per heavy atom. The van der Waals surface area contributed by atoms with E-state index < -0.39 is 0 Å². The van der Waals surface area contributed by atoms with Gasteiger partial charge in [0.25, 0.3) is 0 Å². The van der Waals surface area contributed by atoms with E-state index in [-0.39, 0.29) is 30.0 Å². The Labute approximate surface area is 163 Å². The number of guanidine groups is 1. The van der Waals surface area contributed by atoms with Crippen molar-refractivity contribution in [2.45, 2.75) is 25.9 Å². The summed E-state index contributed by atoms with van der Waals surface area (Å²) in [5, 5.41) is 6.86. The first kappa shape index (κ1) is 21.2. The predicted octanol–water partition coefficient (Wildman–Crippen LogP) is 2.17. The smallest absolute Gasteiger partial charge is 0.191 e. The van der Waals surface area contributed by atoms with Crippen LogP contribution in [0.2, 0.25) is 0 Å². The minimum atomic E-state index is 0. The fourth-order valence-electron chi connectivity index (χ4n) is 2.85. The van der Waals surface area contributed by atoms with Gasteiger partial charge >= 0.3 is 0 Å². The molecule has 1 aromatic rings. The van der Waals surface area contributed by atoms with Crippen LogP contribution in [0, 0.1) is 0 Å². The summed E-state index contributed by atoms with van der Waals surface area (Å²) in [5.74, 6) is 0.894. The topological polar surface area (TPSA) is 42.9 Å². The molecule has 2 unspecified atom stereocenters. The first-order chi connectivity index (χ1) is 11.1. The average Bonchev–Trinajstić information content (AvgIpc) is 2.56. The van der Waals surface area contributed by atoms with Gasteiger partial charge in [0, 0.05) is 32.2 Å². The number of hydrogen-bond donors (Lipinski definition) is 2. The van der Waals surface area contributed by atoms with Gasteiger partial charge in [-0.1, -0.05) is 30.3 Å². The molecular weight excluding hydrogens is 413 g/mol. The van der Waals surface area contributed by atoms with Crippen molar-refractivity contribution in [1.29, 1.82) is 0 Å². The third kappa shape index (κ3) is 6.57. The lowest BCUT2D eigenvalue weighted by Crippen LogP contribution is -2.51. The van der Waals surface area contributed by atoms with Crippen LogP contribution in [-0.2, 0) is 0 Å². The van der Waals surface area contributed by atoms with Crippen LogP contribution >= 0.6 is 24.0 Å².